The Morgan fingerprint density at radius 1 is 1.16 bits per heavy atom. The van der Waals surface area contributed by atoms with Crippen LogP contribution in [0.1, 0.15) is 56.2 Å². The van der Waals surface area contributed by atoms with Crippen LogP contribution in [0.15, 0.2) is 61.2 Å². The first-order chi connectivity index (χ1) is 15.4. The summed E-state index contributed by atoms with van der Waals surface area (Å²) < 4.78 is 5.36. The maximum Gasteiger partial charge on any atom is 0.328 e. The molecule has 1 aliphatic rings. The lowest BCUT2D eigenvalue weighted by atomic mass is 9.74. The maximum absolute atomic E-state index is 13.7. The molecule has 1 aliphatic heterocycles. The van der Waals surface area contributed by atoms with E-state index in [2.05, 4.69) is 6.58 Å². The molecule has 1 saturated heterocycles. The van der Waals surface area contributed by atoms with Crippen molar-refractivity contribution in [1.82, 2.24) is 4.90 Å². The SMILES string of the molecule is C=CCC1C[C@H](c2cccc(Cl)c2)[C@@H](c2ccc(Cl)cc2)N([C@@H](CC)C(=O)OCC)C1=O. The second kappa shape index (κ2) is 11.0. The third-order valence-corrected chi connectivity index (χ3v) is 6.53. The molecule has 170 valence electrons. The Morgan fingerprint density at radius 2 is 1.88 bits per heavy atom. The van der Waals surface area contributed by atoms with Gasteiger partial charge in [-0.25, -0.2) is 4.79 Å². The normalized spacial score (nSPS) is 21.8. The van der Waals surface area contributed by atoms with Gasteiger partial charge in [0.05, 0.1) is 12.6 Å². The second-order valence-corrected chi connectivity index (χ2v) is 8.91. The van der Waals surface area contributed by atoms with E-state index >= 15 is 0 Å². The van der Waals surface area contributed by atoms with Crippen molar-refractivity contribution in [2.24, 2.45) is 5.92 Å². The average Bonchev–Trinajstić information content (AvgIpc) is 2.77. The highest BCUT2D eigenvalue weighted by Gasteiger charge is 2.47. The molecule has 32 heavy (non-hydrogen) atoms. The zero-order valence-corrected chi connectivity index (χ0v) is 20.0. The van der Waals surface area contributed by atoms with Crippen LogP contribution in [0.4, 0.5) is 0 Å². The molecular formula is C26H29Cl2NO3. The molecule has 0 spiro atoms. The van der Waals surface area contributed by atoms with Crippen molar-refractivity contribution in [1.29, 1.82) is 0 Å². The topological polar surface area (TPSA) is 46.6 Å². The highest BCUT2D eigenvalue weighted by atomic mass is 35.5. The van der Waals surface area contributed by atoms with Crippen molar-refractivity contribution in [3.63, 3.8) is 0 Å². The summed E-state index contributed by atoms with van der Waals surface area (Å²) in [5, 5.41) is 1.25. The molecule has 0 aromatic heterocycles. The molecule has 0 radical (unpaired) electrons. The van der Waals surface area contributed by atoms with Gasteiger partial charge in [0.25, 0.3) is 0 Å². The van der Waals surface area contributed by atoms with Crippen LogP contribution in [0.5, 0.6) is 0 Å². The smallest absolute Gasteiger partial charge is 0.328 e. The number of amides is 1. The zero-order valence-electron chi connectivity index (χ0n) is 18.5. The number of allylic oxidation sites excluding steroid dienone is 1. The largest absolute Gasteiger partial charge is 0.464 e. The highest BCUT2D eigenvalue weighted by molar-refractivity contribution is 6.30. The van der Waals surface area contributed by atoms with Gasteiger partial charge in [-0.05, 0) is 61.6 Å². The molecule has 1 unspecified atom stereocenters. The summed E-state index contributed by atoms with van der Waals surface area (Å²) in [5.41, 5.74) is 1.95. The molecular weight excluding hydrogens is 445 g/mol. The van der Waals surface area contributed by atoms with Gasteiger partial charge in [0.2, 0.25) is 5.91 Å². The first-order valence-corrected chi connectivity index (χ1v) is 11.8. The molecule has 3 rings (SSSR count). The summed E-state index contributed by atoms with van der Waals surface area (Å²) in [7, 11) is 0. The van der Waals surface area contributed by atoms with Crippen LogP contribution in [-0.2, 0) is 14.3 Å². The summed E-state index contributed by atoms with van der Waals surface area (Å²) in [6, 6.07) is 14.2. The van der Waals surface area contributed by atoms with Crippen molar-refractivity contribution in [3.8, 4) is 0 Å². The van der Waals surface area contributed by atoms with E-state index in [4.69, 9.17) is 27.9 Å². The number of hydrogen-bond acceptors (Lipinski definition) is 3. The number of carbonyl (C=O) groups excluding carboxylic acids is 2. The number of halogens is 2. The van der Waals surface area contributed by atoms with Gasteiger partial charge in [0.1, 0.15) is 6.04 Å². The van der Waals surface area contributed by atoms with Crippen LogP contribution in [0.3, 0.4) is 0 Å². The molecule has 2 aromatic rings. The van der Waals surface area contributed by atoms with Crippen LogP contribution >= 0.6 is 23.2 Å². The molecule has 2 aromatic carbocycles. The average molecular weight is 474 g/mol. The minimum atomic E-state index is -0.683. The van der Waals surface area contributed by atoms with Gasteiger partial charge in [0.15, 0.2) is 0 Å². The van der Waals surface area contributed by atoms with Gasteiger partial charge < -0.3 is 9.64 Å². The van der Waals surface area contributed by atoms with E-state index in [1.165, 1.54) is 0 Å². The van der Waals surface area contributed by atoms with Gasteiger partial charge in [-0.15, -0.1) is 6.58 Å². The third-order valence-electron chi connectivity index (χ3n) is 6.04. The van der Waals surface area contributed by atoms with E-state index in [1.54, 1.807) is 17.9 Å². The number of esters is 1. The fourth-order valence-corrected chi connectivity index (χ4v) is 4.97. The lowest BCUT2D eigenvalue weighted by molar-refractivity contribution is -0.162. The van der Waals surface area contributed by atoms with Gasteiger partial charge in [-0.2, -0.15) is 0 Å². The van der Waals surface area contributed by atoms with E-state index < -0.39 is 6.04 Å². The van der Waals surface area contributed by atoms with E-state index in [9.17, 15) is 9.59 Å². The lowest BCUT2D eigenvalue weighted by Gasteiger charge is -2.47. The van der Waals surface area contributed by atoms with Crippen LogP contribution in [0.25, 0.3) is 0 Å². The van der Waals surface area contributed by atoms with E-state index in [-0.39, 0.29) is 36.4 Å². The number of rotatable bonds is 8. The standard InChI is InChI=1S/C26H29Cl2NO3/c1-4-8-19-16-22(18-9-7-10-21(28)15-18)24(17-11-13-20(27)14-12-17)29(25(19)30)23(5-2)26(31)32-6-3/h4,7,9-15,19,22-24H,1,5-6,8,16H2,2-3H3/t19?,22-,23+,24-/m1/s1. The number of nitrogens with zero attached hydrogens (tertiary/aromatic N) is 1. The van der Waals surface area contributed by atoms with Gasteiger partial charge >= 0.3 is 5.97 Å². The molecule has 6 heteroatoms. The summed E-state index contributed by atoms with van der Waals surface area (Å²) >= 11 is 12.5. The fourth-order valence-electron chi connectivity index (χ4n) is 4.65. The molecule has 0 bridgehead atoms. The molecule has 0 aliphatic carbocycles. The van der Waals surface area contributed by atoms with Crippen molar-refractivity contribution in [2.45, 2.75) is 51.1 Å². The fraction of sp³-hybridized carbons (Fsp3) is 0.385. The van der Waals surface area contributed by atoms with Crippen LogP contribution in [-0.4, -0.2) is 29.4 Å². The number of carbonyl (C=O) groups is 2. The van der Waals surface area contributed by atoms with Gasteiger partial charge in [-0.3, -0.25) is 4.79 Å². The van der Waals surface area contributed by atoms with E-state index in [0.717, 1.165) is 11.1 Å². The highest BCUT2D eigenvalue weighted by Crippen LogP contribution is 2.47. The number of ether oxygens (including phenoxy) is 1. The monoisotopic (exact) mass is 473 g/mol. The number of piperidine rings is 1. The minimum absolute atomic E-state index is 0.0527. The van der Waals surface area contributed by atoms with Crippen molar-refractivity contribution in [3.05, 3.63) is 82.4 Å². The molecule has 1 amide bonds. The Hall–Kier alpha value is -2.30. The number of benzene rings is 2. The Bertz CT molecular complexity index is 960. The Labute approximate surface area is 200 Å². The van der Waals surface area contributed by atoms with Crippen LogP contribution in [0.2, 0.25) is 10.0 Å². The predicted molar refractivity (Wildman–Crippen MR) is 129 cm³/mol. The van der Waals surface area contributed by atoms with Crippen molar-refractivity contribution in [2.75, 3.05) is 6.61 Å². The Balaban J connectivity index is 2.19. The van der Waals surface area contributed by atoms with Crippen LogP contribution < -0.4 is 0 Å². The molecule has 1 fully saturated rings. The summed E-state index contributed by atoms with van der Waals surface area (Å²) in [6.45, 7) is 7.78. The third kappa shape index (κ3) is 5.19. The van der Waals surface area contributed by atoms with Crippen molar-refractivity contribution >= 4 is 35.1 Å². The minimum Gasteiger partial charge on any atom is -0.464 e. The summed E-state index contributed by atoms with van der Waals surface area (Å²) in [5.74, 6) is -0.765. The van der Waals surface area contributed by atoms with Crippen molar-refractivity contribution < 1.29 is 14.3 Å². The second-order valence-electron chi connectivity index (χ2n) is 8.04. The first-order valence-electron chi connectivity index (χ1n) is 11.0. The van der Waals surface area contributed by atoms with Gasteiger partial charge in [-0.1, -0.05) is 60.5 Å². The first kappa shape index (κ1) is 24.3. The summed E-state index contributed by atoms with van der Waals surface area (Å²) in [6.07, 6.45) is 3.40. The maximum atomic E-state index is 13.7. The molecule has 4 atom stereocenters. The number of hydrogen-bond donors (Lipinski definition) is 0. The molecule has 0 saturated carbocycles. The van der Waals surface area contributed by atoms with E-state index in [0.29, 0.717) is 29.3 Å². The van der Waals surface area contributed by atoms with Gasteiger partial charge in [0, 0.05) is 21.9 Å². The molecule has 1 heterocycles. The van der Waals surface area contributed by atoms with E-state index in [1.807, 2.05) is 55.5 Å². The lowest BCUT2D eigenvalue weighted by Crippen LogP contribution is -2.54. The zero-order chi connectivity index (χ0) is 23.3. The molecule has 0 N–H and O–H groups in total. The summed E-state index contributed by atoms with van der Waals surface area (Å²) in [4.78, 5) is 28.4. The quantitative estimate of drug-likeness (QED) is 0.321. The predicted octanol–water partition coefficient (Wildman–Crippen LogP) is 6.58. The Morgan fingerprint density at radius 3 is 2.47 bits per heavy atom. The Kier molecular flexibility index (Phi) is 8.38. The van der Waals surface area contributed by atoms with Crippen LogP contribution in [0, 0.1) is 5.92 Å². The molecule has 4 nitrogen and oxygen atoms in total. The number of likely N-dealkylation sites (tertiary alicyclic amines) is 1.